The van der Waals surface area contributed by atoms with E-state index < -0.39 is 0 Å². The molecule has 0 saturated carbocycles. The fourth-order valence-corrected chi connectivity index (χ4v) is 3.42. The summed E-state index contributed by atoms with van der Waals surface area (Å²) in [4.78, 5) is 19.0. The van der Waals surface area contributed by atoms with Crippen LogP contribution in [0.25, 0.3) is 21.8 Å². The third-order valence-electron chi connectivity index (χ3n) is 4.46. The van der Waals surface area contributed by atoms with Crippen molar-refractivity contribution in [2.24, 2.45) is 0 Å². The van der Waals surface area contributed by atoms with Gasteiger partial charge in [-0.05, 0) is 25.0 Å². The maximum atomic E-state index is 12.6. The summed E-state index contributed by atoms with van der Waals surface area (Å²) in [6.07, 6.45) is 2.74. The molecule has 3 heterocycles. The van der Waals surface area contributed by atoms with Crippen LogP contribution in [0.2, 0.25) is 0 Å². The largest absolute Gasteiger partial charge is 0.340 e. The summed E-state index contributed by atoms with van der Waals surface area (Å²) in [7, 11) is 1.87. The van der Waals surface area contributed by atoms with E-state index in [-0.39, 0.29) is 5.91 Å². The molecule has 0 unspecified atom stereocenters. The minimum atomic E-state index is 0.124. The van der Waals surface area contributed by atoms with Crippen LogP contribution in [0.5, 0.6) is 0 Å². The number of aryl methyl sites for hydroxylation is 1. The van der Waals surface area contributed by atoms with Crippen molar-refractivity contribution in [1.29, 1.82) is 0 Å². The van der Waals surface area contributed by atoms with Crippen LogP contribution in [0, 0.1) is 0 Å². The average molecular weight is 279 g/mol. The Bertz CT molecular complexity index is 878. The Labute approximate surface area is 123 Å². The van der Waals surface area contributed by atoms with E-state index in [1.165, 1.54) is 10.9 Å². The van der Waals surface area contributed by atoms with E-state index >= 15 is 0 Å². The monoisotopic (exact) mass is 279 g/mol. The molecule has 4 nitrogen and oxygen atoms in total. The molecule has 21 heavy (non-hydrogen) atoms. The zero-order valence-electron chi connectivity index (χ0n) is 12.3. The highest BCUT2D eigenvalue weighted by Crippen LogP contribution is 2.34. The fourth-order valence-electron chi connectivity index (χ4n) is 3.42. The molecule has 0 bridgehead atoms. The second kappa shape index (κ2) is 4.32. The third kappa shape index (κ3) is 1.56. The number of carbonyl (C=O) groups excluding carboxylic acids is 1. The van der Waals surface area contributed by atoms with Crippen molar-refractivity contribution in [2.75, 3.05) is 13.6 Å². The molecule has 0 aliphatic carbocycles. The Balaban J connectivity index is 2.20. The number of fused-ring (bicyclic) bond motifs is 5. The highest BCUT2D eigenvalue weighted by atomic mass is 16.2. The van der Waals surface area contributed by atoms with Crippen molar-refractivity contribution in [3.05, 3.63) is 41.7 Å². The van der Waals surface area contributed by atoms with E-state index in [0.717, 1.165) is 41.6 Å². The molecule has 0 spiro atoms. The highest BCUT2D eigenvalue weighted by Gasteiger charge is 2.29. The molecule has 0 radical (unpaired) electrons. The molecule has 1 amide bonds. The Kier molecular flexibility index (Phi) is 2.55. The molecule has 0 saturated heterocycles. The Morgan fingerprint density at radius 1 is 1.29 bits per heavy atom. The average Bonchev–Trinajstić information content (AvgIpc) is 2.85. The molecule has 1 aliphatic rings. The first-order valence-corrected chi connectivity index (χ1v) is 7.36. The van der Waals surface area contributed by atoms with Crippen LogP contribution in [-0.4, -0.2) is 34.0 Å². The third-order valence-corrected chi connectivity index (χ3v) is 4.46. The summed E-state index contributed by atoms with van der Waals surface area (Å²) < 4.78 is 2.14. The van der Waals surface area contributed by atoms with Gasteiger partial charge in [0.05, 0.1) is 11.0 Å². The van der Waals surface area contributed by atoms with Crippen molar-refractivity contribution in [1.82, 2.24) is 14.5 Å². The standard InChI is InChI=1S/C17H17N3O/c1-3-20-15-12(7-6-11-5-4-9-18-14(11)15)13-8-10-19(2)17(21)16(13)20/h4-7,9H,3,8,10H2,1-2H3. The first kappa shape index (κ1) is 12.4. The second-order valence-electron chi connectivity index (χ2n) is 5.58. The number of hydrogen-bond acceptors (Lipinski definition) is 2. The molecule has 3 aromatic rings. The normalized spacial score (nSPS) is 15.0. The van der Waals surface area contributed by atoms with Gasteiger partial charge in [0.15, 0.2) is 0 Å². The molecule has 106 valence electrons. The number of benzene rings is 1. The van der Waals surface area contributed by atoms with Crippen molar-refractivity contribution >= 4 is 27.7 Å². The van der Waals surface area contributed by atoms with Gasteiger partial charge in [0, 0.05) is 37.1 Å². The first-order valence-electron chi connectivity index (χ1n) is 7.36. The summed E-state index contributed by atoms with van der Waals surface area (Å²) in [5.41, 5.74) is 4.12. The first-order chi connectivity index (χ1) is 10.2. The Morgan fingerprint density at radius 2 is 2.14 bits per heavy atom. The van der Waals surface area contributed by atoms with E-state index in [9.17, 15) is 4.79 Å². The van der Waals surface area contributed by atoms with E-state index in [0.29, 0.717) is 0 Å². The van der Waals surface area contributed by atoms with Gasteiger partial charge in [0.2, 0.25) is 0 Å². The number of nitrogens with zero attached hydrogens (tertiary/aromatic N) is 3. The van der Waals surface area contributed by atoms with Gasteiger partial charge in [0.1, 0.15) is 5.69 Å². The summed E-state index contributed by atoms with van der Waals surface area (Å²) in [6, 6.07) is 8.27. The molecular weight excluding hydrogens is 262 g/mol. The molecule has 0 N–H and O–H groups in total. The van der Waals surface area contributed by atoms with Gasteiger partial charge in [-0.15, -0.1) is 0 Å². The van der Waals surface area contributed by atoms with Gasteiger partial charge in [-0.3, -0.25) is 9.78 Å². The second-order valence-corrected chi connectivity index (χ2v) is 5.58. The lowest BCUT2D eigenvalue weighted by molar-refractivity contribution is 0.0770. The van der Waals surface area contributed by atoms with Crippen molar-refractivity contribution in [2.45, 2.75) is 19.9 Å². The summed E-state index contributed by atoms with van der Waals surface area (Å²) in [6.45, 7) is 3.65. The molecule has 0 atom stereocenters. The zero-order valence-corrected chi connectivity index (χ0v) is 12.3. The number of likely N-dealkylation sites (N-methyl/N-ethyl adjacent to an activating group) is 1. The van der Waals surface area contributed by atoms with Gasteiger partial charge in [0.25, 0.3) is 5.91 Å². The summed E-state index contributed by atoms with van der Waals surface area (Å²) in [5.74, 6) is 0.124. The topological polar surface area (TPSA) is 38.1 Å². The quantitative estimate of drug-likeness (QED) is 0.687. The summed E-state index contributed by atoms with van der Waals surface area (Å²) >= 11 is 0. The summed E-state index contributed by atoms with van der Waals surface area (Å²) in [5, 5.41) is 2.30. The predicted molar refractivity (Wildman–Crippen MR) is 83.6 cm³/mol. The van der Waals surface area contributed by atoms with Crippen LogP contribution in [0.15, 0.2) is 30.5 Å². The molecule has 1 aliphatic heterocycles. The van der Waals surface area contributed by atoms with Crippen molar-refractivity contribution < 1.29 is 4.79 Å². The number of amides is 1. The fraction of sp³-hybridized carbons (Fsp3) is 0.294. The number of pyridine rings is 1. The van der Waals surface area contributed by atoms with Gasteiger partial charge in [-0.2, -0.15) is 0 Å². The van der Waals surface area contributed by atoms with E-state index in [1.807, 2.05) is 24.2 Å². The number of rotatable bonds is 1. The van der Waals surface area contributed by atoms with Crippen LogP contribution in [0.1, 0.15) is 23.0 Å². The molecule has 2 aromatic heterocycles. The van der Waals surface area contributed by atoms with Crippen LogP contribution < -0.4 is 0 Å². The Hall–Kier alpha value is -2.36. The van der Waals surface area contributed by atoms with Gasteiger partial charge >= 0.3 is 0 Å². The molecule has 4 rings (SSSR count). The lowest BCUT2D eigenvalue weighted by Crippen LogP contribution is -2.35. The lowest BCUT2D eigenvalue weighted by atomic mass is 10.0. The van der Waals surface area contributed by atoms with Crippen molar-refractivity contribution in [3.63, 3.8) is 0 Å². The highest BCUT2D eigenvalue weighted by molar-refractivity contribution is 6.10. The van der Waals surface area contributed by atoms with E-state index in [4.69, 9.17) is 0 Å². The number of hydrogen-bond donors (Lipinski definition) is 0. The van der Waals surface area contributed by atoms with Gasteiger partial charge in [-0.25, -0.2) is 0 Å². The predicted octanol–water partition coefficient (Wildman–Crippen LogP) is 2.84. The SMILES string of the molecule is CCn1c2c(c3ccc4cccnc4c31)CCN(C)C2=O. The van der Waals surface area contributed by atoms with Crippen LogP contribution >= 0.6 is 0 Å². The van der Waals surface area contributed by atoms with E-state index in [1.54, 1.807) is 0 Å². The molecular formula is C17H17N3O. The number of aromatic nitrogens is 2. The Morgan fingerprint density at radius 3 is 2.95 bits per heavy atom. The minimum Gasteiger partial charge on any atom is -0.340 e. The molecule has 0 fully saturated rings. The van der Waals surface area contributed by atoms with Crippen molar-refractivity contribution in [3.8, 4) is 0 Å². The molecule has 1 aromatic carbocycles. The zero-order chi connectivity index (χ0) is 14.6. The van der Waals surface area contributed by atoms with Gasteiger partial charge in [-0.1, -0.05) is 18.2 Å². The smallest absolute Gasteiger partial charge is 0.270 e. The van der Waals surface area contributed by atoms with Crippen LogP contribution in [-0.2, 0) is 13.0 Å². The minimum absolute atomic E-state index is 0.124. The van der Waals surface area contributed by atoms with Crippen LogP contribution in [0.3, 0.4) is 0 Å². The van der Waals surface area contributed by atoms with Crippen LogP contribution in [0.4, 0.5) is 0 Å². The number of carbonyl (C=O) groups is 1. The maximum Gasteiger partial charge on any atom is 0.270 e. The lowest BCUT2D eigenvalue weighted by Gasteiger charge is -2.24. The van der Waals surface area contributed by atoms with E-state index in [2.05, 4.69) is 34.7 Å². The maximum absolute atomic E-state index is 12.6. The molecule has 4 heteroatoms. The van der Waals surface area contributed by atoms with Gasteiger partial charge < -0.3 is 9.47 Å².